The van der Waals surface area contributed by atoms with Gasteiger partial charge < -0.3 is 5.32 Å². The summed E-state index contributed by atoms with van der Waals surface area (Å²) in [6.07, 6.45) is 3.57. The molecule has 0 radical (unpaired) electrons. The number of alkyl halides is 1. The average molecular weight is 253 g/mol. The van der Waals surface area contributed by atoms with E-state index < -0.39 is 8.07 Å². The topological polar surface area (TPSA) is 24.9 Å². The van der Waals surface area contributed by atoms with Crippen LogP contribution in [0, 0.1) is 11.5 Å². The first kappa shape index (κ1) is 13.1. The molecule has 0 saturated carbocycles. The van der Waals surface area contributed by atoms with Gasteiger partial charge in [-0.25, -0.2) is 0 Å². The molecule has 0 bridgehead atoms. The maximum absolute atomic E-state index is 5.61. The first-order valence-electron chi connectivity index (χ1n) is 5.29. The molecule has 0 aliphatic rings. The van der Waals surface area contributed by atoms with Gasteiger partial charge in [0, 0.05) is 24.2 Å². The predicted octanol–water partition coefficient (Wildman–Crippen LogP) is 2.96. The lowest BCUT2D eigenvalue weighted by atomic mass is 10.3. The van der Waals surface area contributed by atoms with Gasteiger partial charge >= 0.3 is 0 Å². The van der Waals surface area contributed by atoms with Crippen LogP contribution in [0.2, 0.25) is 19.6 Å². The van der Waals surface area contributed by atoms with E-state index in [0.29, 0.717) is 5.88 Å². The fourth-order valence-corrected chi connectivity index (χ4v) is 1.67. The van der Waals surface area contributed by atoms with Crippen molar-refractivity contribution in [2.75, 3.05) is 17.7 Å². The lowest BCUT2D eigenvalue weighted by molar-refractivity contribution is 1.19. The Morgan fingerprint density at radius 3 is 2.75 bits per heavy atom. The monoisotopic (exact) mass is 252 g/mol. The van der Waals surface area contributed by atoms with E-state index in [1.165, 1.54) is 0 Å². The van der Waals surface area contributed by atoms with Gasteiger partial charge in [-0.2, -0.15) is 0 Å². The molecular weight excluding hydrogens is 236 g/mol. The van der Waals surface area contributed by atoms with Crippen LogP contribution in [-0.2, 0) is 0 Å². The highest BCUT2D eigenvalue weighted by molar-refractivity contribution is 6.83. The van der Waals surface area contributed by atoms with Gasteiger partial charge in [0.25, 0.3) is 0 Å². The lowest BCUT2D eigenvalue weighted by Crippen LogP contribution is -2.16. The third kappa shape index (κ3) is 5.20. The zero-order chi connectivity index (χ0) is 12.0. The molecule has 16 heavy (non-hydrogen) atoms. The quantitative estimate of drug-likeness (QED) is 0.508. The fraction of sp³-hybridized carbons (Fsp3) is 0.417. The second-order valence-electron chi connectivity index (χ2n) is 4.58. The first-order valence-corrected chi connectivity index (χ1v) is 9.33. The van der Waals surface area contributed by atoms with Gasteiger partial charge in [-0.05, 0) is 6.07 Å². The number of aromatic nitrogens is 1. The largest absolute Gasteiger partial charge is 0.383 e. The first-order chi connectivity index (χ1) is 7.51. The molecule has 0 fully saturated rings. The summed E-state index contributed by atoms with van der Waals surface area (Å²) >= 11 is 5.61. The van der Waals surface area contributed by atoms with E-state index in [1.54, 1.807) is 12.4 Å². The minimum absolute atomic E-state index is 0.588. The van der Waals surface area contributed by atoms with Crippen molar-refractivity contribution in [2.45, 2.75) is 19.6 Å². The molecule has 0 spiro atoms. The normalized spacial score (nSPS) is 10.5. The molecule has 0 aliphatic heterocycles. The Kier molecular flexibility index (Phi) is 4.85. The van der Waals surface area contributed by atoms with Crippen LogP contribution in [0.25, 0.3) is 0 Å². The van der Waals surface area contributed by atoms with Crippen molar-refractivity contribution in [1.29, 1.82) is 0 Å². The van der Waals surface area contributed by atoms with E-state index in [-0.39, 0.29) is 0 Å². The Morgan fingerprint density at radius 1 is 1.38 bits per heavy atom. The van der Waals surface area contributed by atoms with Crippen LogP contribution in [0.5, 0.6) is 0 Å². The Bertz CT molecular complexity index is 401. The number of pyridine rings is 1. The molecule has 0 amide bonds. The summed E-state index contributed by atoms with van der Waals surface area (Å²) < 4.78 is 0. The highest BCUT2D eigenvalue weighted by Gasteiger charge is 2.07. The molecule has 86 valence electrons. The summed E-state index contributed by atoms with van der Waals surface area (Å²) in [6.45, 7) is 7.42. The smallest absolute Gasteiger partial charge is 0.129 e. The zero-order valence-electron chi connectivity index (χ0n) is 9.97. The molecule has 1 N–H and O–H groups in total. The van der Waals surface area contributed by atoms with Gasteiger partial charge in [0.2, 0.25) is 0 Å². The molecule has 0 aromatic carbocycles. The van der Waals surface area contributed by atoms with Crippen LogP contribution in [0.4, 0.5) is 5.69 Å². The van der Waals surface area contributed by atoms with Crippen LogP contribution in [0.15, 0.2) is 18.5 Å². The van der Waals surface area contributed by atoms with E-state index in [1.807, 2.05) is 6.07 Å². The van der Waals surface area contributed by atoms with Crippen LogP contribution in [0.1, 0.15) is 5.56 Å². The van der Waals surface area contributed by atoms with E-state index in [4.69, 9.17) is 11.6 Å². The molecule has 1 aromatic heterocycles. The van der Waals surface area contributed by atoms with Crippen molar-refractivity contribution in [1.82, 2.24) is 4.98 Å². The molecular formula is C12H17ClN2Si. The van der Waals surface area contributed by atoms with Crippen molar-refractivity contribution in [2.24, 2.45) is 0 Å². The van der Waals surface area contributed by atoms with E-state index in [0.717, 1.165) is 17.8 Å². The zero-order valence-corrected chi connectivity index (χ0v) is 11.7. The Hall–Kier alpha value is -0.983. The highest BCUT2D eigenvalue weighted by atomic mass is 35.5. The second kappa shape index (κ2) is 5.93. The van der Waals surface area contributed by atoms with Crippen molar-refractivity contribution in [3.8, 4) is 11.5 Å². The van der Waals surface area contributed by atoms with E-state index in [9.17, 15) is 0 Å². The van der Waals surface area contributed by atoms with Gasteiger partial charge in [-0.15, -0.1) is 17.1 Å². The van der Waals surface area contributed by atoms with Gasteiger partial charge in [0.15, 0.2) is 0 Å². The summed E-state index contributed by atoms with van der Waals surface area (Å²) in [4.78, 5) is 4.15. The Morgan fingerprint density at radius 2 is 2.12 bits per heavy atom. The van der Waals surface area contributed by atoms with Gasteiger partial charge in [0.1, 0.15) is 8.07 Å². The third-order valence-electron chi connectivity index (χ3n) is 1.74. The third-order valence-corrected chi connectivity index (χ3v) is 2.81. The molecule has 4 heteroatoms. The number of nitrogens with one attached hydrogen (secondary N) is 1. The minimum atomic E-state index is -1.31. The summed E-state index contributed by atoms with van der Waals surface area (Å²) in [5.41, 5.74) is 5.25. The second-order valence-corrected chi connectivity index (χ2v) is 9.71. The molecule has 0 aliphatic carbocycles. The molecule has 2 nitrogen and oxygen atoms in total. The van der Waals surface area contributed by atoms with Gasteiger partial charge in [-0.1, -0.05) is 25.6 Å². The van der Waals surface area contributed by atoms with Gasteiger partial charge in [-0.3, -0.25) is 4.98 Å². The highest BCUT2D eigenvalue weighted by Crippen LogP contribution is 2.07. The maximum Gasteiger partial charge on any atom is 0.129 e. The average Bonchev–Trinajstić information content (AvgIpc) is 2.23. The minimum Gasteiger partial charge on any atom is -0.383 e. The molecule has 1 heterocycles. The van der Waals surface area contributed by atoms with Crippen molar-refractivity contribution >= 4 is 25.4 Å². The maximum atomic E-state index is 5.61. The molecule has 0 atom stereocenters. The predicted molar refractivity (Wildman–Crippen MR) is 73.7 cm³/mol. The SMILES string of the molecule is C[Si](C)(C)C#Cc1cncc(NCCCl)c1. The lowest BCUT2D eigenvalue weighted by Gasteiger charge is -2.05. The summed E-state index contributed by atoms with van der Waals surface area (Å²) in [5, 5.41) is 3.18. The number of rotatable bonds is 3. The van der Waals surface area contributed by atoms with Crippen LogP contribution in [0.3, 0.4) is 0 Å². The Balaban J connectivity index is 2.77. The van der Waals surface area contributed by atoms with Crippen molar-refractivity contribution in [3.63, 3.8) is 0 Å². The van der Waals surface area contributed by atoms with E-state index >= 15 is 0 Å². The van der Waals surface area contributed by atoms with Gasteiger partial charge in [0.05, 0.1) is 11.9 Å². The summed E-state index contributed by atoms with van der Waals surface area (Å²) in [6, 6.07) is 2.01. The number of hydrogen-bond donors (Lipinski definition) is 1. The molecule has 0 saturated heterocycles. The number of hydrogen-bond acceptors (Lipinski definition) is 2. The Labute approximate surface area is 103 Å². The van der Waals surface area contributed by atoms with Crippen molar-refractivity contribution < 1.29 is 0 Å². The van der Waals surface area contributed by atoms with Crippen LogP contribution < -0.4 is 5.32 Å². The summed E-state index contributed by atoms with van der Waals surface area (Å²) in [7, 11) is -1.31. The van der Waals surface area contributed by atoms with E-state index in [2.05, 4.69) is 41.4 Å². The molecule has 0 unspecified atom stereocenters. The standard InChI is InChI=1S/C12H17ClN2Si/c1-16(2,3)7-4-11-8-12(10-14-9-11)15-6-5-13/h8-10,15H,5-6H2,1-3H3. The number of anilines is 1. The fourth-order valence-electron chi connectivity index (χ4n) is 1.06. The number of nitrogens with zero attached hydrogens (tertiary/aromatic N) is 1. The molecule has 1 aromatic rings. The van der Waals surface area contributed by atoms with Crippen LogP contribution >= 0.6 is 11.6 Å². The number of halogens is 1. The summed E-state index contributed by atoms with van der Waals surface area (Å²) in [5.74, 6) is 3.77. The van der Waals surface area contributed by atoms with Crippen LogP contribution in [-0.4, -0.2) is 25.5 Å². The molecule has 1 rings (SSSR count). The van der Waals surface area contributed by atoms with Crippen molar-refractivity contribution in [3.05, 3.63) is 24.0 Å².